The molecule has 0 saturated carbocycles. The SMILES string of the molecule is Cc1ccc(C2=NN3[C@@H](c4ccco4)Oc4ccccc4[C@@H]3C2)cc1. The summed E-state index contributed by atoms with van der Waals surface area (Å²) < 4.78 is 11.8. The highest BCUT2D eigenvalue weighted by atomic mass is 16.5. The molecule has 0 fully saturated rings. The van der Waals surface area contributed by atoms with E-state index in [1.165, 1.54) is 11.1 Å². The molecule has 124 valence electrons. The lowest BCUT2D eigenvalue weighted by atomic mass is 9.96. The van der Waals surface area contributed by atoms with Gasteiger partial charge in [0.1, 0.15) is 5.75 Å². The van der Waals surface area contributed by atoms with Gasteiger partial charge in [-0.25, -0.2) is 5.01 Å². The van der Waals surface area contributed by atoms with E-state index in [0.29, 0.717) is 0 Å². The molecule has 1 aromatic heterocycles. The van der Waals surface area contributed by atoms with Gasteiger partial charge in [-0.05, 0) is 30.7 Å². The molecule has 2 aliphatic heterocycles. The van der Waals surface area contributed by atoms with Crippen LogP contribution in [-0.4, -0.2) is 10.7 Å². The van der Waals surface area contributed by atoms with Crippen molar-refractivity contribution in [1.82, 2.24) is 5.01 Å². The summed E-state index contributed by atoms with van der Waals surface area (Å²) >= 11 is 0. The third-order valence-corrected chi connectivity index (χ3v) is 4.87. The molecule has 2 aliphatic rings. The van der Waals surface area contributed by atoms with Crippen molar-refractivity contribution >= 4 is 5.71 Å². The number of aryl methyl sites for hydroxylation is 1. The number of nitrogens with zero attached hydrogens (tertiary/aromatic N) is 2. The van der Waals surface area contributed by atoms with Crippen molar-refractivity contribution in [3.05, 3.63) is 89.4 Å². The number of furan rings is 1. The highest BCUT2D eigenvalue weighted by molar-refractivity contribution is 6.02. The summed E-state index contributed by atoms with van der Waals surface area (Å²) in [6.07, 6.45) is 2.20. The van der Waals surface area contributed by atoms with Crippen molar-refractivity contribution in [2.75, 3.05) is 0 Å². The maximum Gasteiger partial charge on any atom is 0.246 e. The van der Waals surface area contributed by atoms with Crippen LogP contribution in [0.5, 0.6) is 5.75 Å². The first kappa shape index (κ1) is 14.3. The zero-order valence-electron chi connectivity index (χ0n) is 13.9. The zero-order chi connectivity index (χ0) is 16.8. The van der Waals surface area contributed by atoms with Gasteiger partial charge in [-0.1, -0.05) is 48.0 Å². The van der Waals surface area contributed by atoms with Gasteiger partial charge in [0.05, 0.1) is 18.0 Å². The molecular weight excluding hydrogens is 312 g/mol. The number of hydrazone groups is 1. The second kappa shape index (κ2) is 5.52. The van der Waals surface area contributed by atoms with Gasteiger partial charge in [-0.15, -0.1) is 0 Å². The number of rotatable bonds is 2. The van der Waals surface area contributed by atoms with Crippen LogP contribution in [0.4, 0.5) is 0 Å². The number of hydrogen-bond donors (Lipinski definition) is 0. The molecule has 25 heavy (non-hydrogen) atoms. The molecule has 3 heterocycles. The molecule has 0 spiro atoms. The number of benzene rings is 2. The van der Waals surface area contributed by atoms with Gasteiger partial charge in [-0.3, -0.25) is 0 Å². The quantitative estimate of drug-likeness (QED) is 0.675. The van der Waals surface area contributed by atoms with Gasteiger partial charge in [-0.2, -0.15) is 5.10 Å². The summed E-state index contributed by atoms with van der Waals surface area (Å²) in [4.78, 5) is 0. The minimum atomic E-state index is -0.335. The van der Waals surface area contributed by atoms with Crippen molar-refractivity contribution < 1.29 is 9.15 Å². The van der Waals surface area contributed by atoms with Gasteiger partial charge >= 0.3 is 0 Å². The van der Waals surface area contributed by atoms with Gasteiger partial charge in [0.15, 0.2) is 5.76 Å². The second-order valence-electron chi connectivity index (χ2n) is 6.54. The van der Waals surface area contributed by atoms with Crippen LogP contribution in [0.15, 0.2) is 76.4 Å². The summed E-state index contributed by atoms with van der Waals surface area (Å²) in [7, 11) is 0. The van der Waals surface area contributed by atoms with Crippen LogP contribution in [0.2, 0.25) is 0 Å². The van der Waals surface area contributed by atoms with E-state index in [4.69, 9.17) is 14.3 Å². The molecule has 0 unspecified atom stereocenters. The fourth-order valence-electron chi connectivity index (χ4n) is 3.57. The summed E-state index contributed by atoms with van der Waals surface area (Å²) in [6, 6.07) is 20.7. The third-order valence-electron chi connectivity index (χ3n) is 4.87. The van der Waals surface area contributed by atoms with Crippen molar-refractivity contribution in [1.29, 1.82) is 0 Å². The maximum absolute atomic E-state index is 6.22. The fraction of sp³-hybridized carbons (Fsp3) is 0.190. The third kappa shape index (κ3) is 2.33. The predicted molar refractivity (Wildman–Crippen MR) is 95.4 cm³/mol. The molecule has 5 rings (SSSR count). The predicted octanol–water partition coefficient (Wildman–Crippen LogP) is 4.83. The molecule has 0 amide bonds. The Morgan fingerprint density at radius 2 is 1.84 bits per heavy atom. The molecule has 0 N–H and O–H groups in total. The van der Waals surface area contributed by atoms with Gasteiger partial charge in [0.25, 0.3) is 0 Å². The van der Waals surface area contributed by atoms with E-state index in [2.05, 4.69) is 43.3 Å². The van der Waals surface area contributed by atoms with Gasteiger partial charge in [0.2, 0.25) is 6.23 Å². The minimum absolute atomic E-state index is 0.163. The average Bonchev–Trinajstić information content (AvgIpc) is 3.32. The monoisotopic (exact) mass is 330 g/mol. The Hall–Kier alpha value is -3.01. The molecule has 2 aromatic carbocycles. The lowest BCUT2D eigenvalue weighted by Gasteiger charge is -2.36. The topological polar surface area (TPSA) is 38.0 Å². The first-order chi connectivity index (χ1) is 12.3. The number of hydrogen-bond acceptors (Lipinski definition) is 4. The molecule has 0 radical (unpaired) electrons. The molecule has 4 nitrogen and oxygen atoms in total. The second-order valence-corrected chi connectivity index (χ2v) is 6.54. The van der Waals surface area contributed by atoms with Crippen LogP contribution >= 0.6 is 0 Å². The molecular formula is C21H18N2O2. The van der Waals surface area contributed by atoms with Crippen LogP contribution in [0.1, 0.15) is 41.1 Å². The number of para-hydroxylation sites is 1. The largest absolute Gasteiger partial charge is 0.463 e. The first-order valence-corrected chi connectivity index (χ1v) is 8.51. The first-order valence-electron chi connectivity index (χ1n) is 8.51. The average molecular weight is 330 g/mol. The van der Waals surface area contributed by atoms with Crippen molar-refractivity contribution in [3.8, 4) is 5.75 Å². The van der Waals surface area contributed by atoms with Crippen LogP contribution in [0.25, 0.3) is 0 Å². The standard InChI is InChI=1S/C21H18N2O2/c1-14-8-10-15(11-9-14)17-13-18-16-5-2-3-6-19(16)25-21(23(18)22-17)20-7-4-12-24-20/h2-12,18,21H,13H2,1H3/t18-,21+/m0/s1. The maximum atomic E-state index is 6.22. The van der Waals surface area contributed by atoms with Crippen LogP contribution in [0, 0.1) is 6.92 Å². The van der Waals surface area contributed by atoms with E-state index in [9.17, 15) is 0 Å². The number of ether oxygens (including phenoxy) is 1. The molecule has 0 aliphatic carbocycles. The smallest absolute Gasteiger partial charge is 0.246 e. The van der Waals surface area contributed by atoms with Crippen LogP contribution in [0.3, 0.4) is 0 Å². The summed E-state index contributed by atoms with van der Waals surface area (Å²) in [5.41, 5.74) is 4.68. The summed E-state index contributed by atoms with van der Waals surface area (Å²) in [5, 5.41) is 6.95. The molecule has 2 atom stereocenters. The normalized spacial score (nSPS) is 21.3. The Labute approximate surface area is 146 Å². The van der Waals surface area contributed by atoms with E-state index in [0.717, 1.165) is 29.2 Å². The minimum Gasteiger partial charge on any atom is -0.463 e. The Bertz CT molecular complexity index is 929. The Morgan fingerprint density at radius 3 is 2.64 bits per heavy atom. The van der Waals surface area contributed by atoms with E-state index in [-0.39, 0.29) is 12.3 Å². The molecule has 4 heteroatoms. The summed E-state index contributed by atoms with van der Waals surface area (Å²) in [5.74, 6) is 1.68. The van der Waals surface area contributed by atoms with Gasteiger partial charge < -0.3 is 9.15 Å². The molecule has 0 saturated heterocycles. The van der Waals surface area contributed by atoms with Crippen LogP contribution in [-0.2, 0) is 0 Å². The Balaban J connectivity index is 1.59. The highest BCUT2D eigenvalue weighted by Crippen LogP contribution is 2.47. The van der Waals surface area contributed by atoms with Crippen molar-refractivity contribution in [3.63, 3.8) is 0 Å². The highest BCUT2D eigenvalue weighted by Gasteiger charge is 2.41. The lowest BCUT2D eigenvalue weighted by molar-refractivity contribution is -0.0325. The number of fused-ring (bicyclic) bond motifs is 3. The Morgan fingerprint density at radius 1 is 1.00 bits per heavy atom. The summed E-state index contributed by atoms with van der Waals surface area (Å²) in [6.45, 7) is 2.10. The van der Waals surface area contributed by atoms with E-state index >= 15 is 0 Å². The van der Waals surface area contributed by atoms with E-state index in [1.54, 1.807) is 6.26 Å². The van der Waals surface area contributed by atoms with Crippen LogP contribution < -0.4 is 4.74 Å². The van der Waals surface area contributed by atoms with E-state index < -0.39 is 0 Å². The molecule has 0 bridgehead atoms. The Kier molecular flexibility index (Phi) is 3.17. The van der Waals surface area contributed by atoms with E-state index in [1.807, 2.05) is 29.3 Å². The van der Waals surface area contributed by atoms with Crippen molar-refractivity contribution in [2.24, 2.45) is 5.10 Å². The van der Waals surface area contributed by atoms with Gasteiger partial charge in [0, 0.05) is 12.0 Å². The van der Waals surface area contributed by atoms with Crippen molar-refractivity contribution in [2.45, 2.75) is 25.6 Å². The molecule has 3 aromatic rings. The zero-order valence-corrected chi connectivity index (χ0v) is 13.9. The lowest BCUT2D eigenvalue weighted by Crippen LogP contribution is -2.33. The fourth-order valence-corrected chi connectivity index (χ4v) is 3.57.